The standard InChI is InChI=1S/C22H31BF2N2O4/c1-13(2)9-21(23(30)31)26-22(29)15(10-14-3-4-14)11-20(28)19-7-8-27(19)16-5-6-17(24)18(25)12-16/h5-6,12-15,19,21,30-31H,3-4,7-11H2,1-2H3,(H,26,29). The van der Waals surface area contributed by atoms with Crippen LogP contribution in [0.2, 0.25) is 0 Å². The van der Waals surface area contributed by atoms with E-state index in [1.807, 2.05) is 13.8 Å². The van der Waals surface area contributed by atoms with Crippen molar-refractivity contribution in [1.29, 1.82) is 0 Å². The molecule has 1 saturated heterocycles. The molecule has 31 heavy (non-hydrogen) atoms. The molecule has 0 aromatic heterocycles. The minimum atomic E-state index is -1.67. The predicted molar refractivity (Wildman–Crippen MR) is 114 cm³/mol. The lowest BCUT2D eigenvalue weighted by Gasteiger charge is -2.42. The minimum Gasteiger partial charge on any atom is -0.426 e. The van der Waals surface area contributed by atoms with E-state index in [0.29, 0.717) is 37.4 Å². The van der Waals surface area contributed by atoms with Crippen LogP contribution in [-0.2, 0) is 9.59 Å². The van der Waals surface area contributed by atoms with Gasteiger partial charge in [-0.05, 0) is 43.2 Å². The number of Topliss-reactive ketones (excluding diaryl/α,β-unsaturated/α-hetero) is 1. The maximum Gasteiger partial charge on any atom is 0.475 e. The average molecular weight is 436 g/mol. The van der Waals surface area contributed by atoms with E-state index in [4.69, 9.17) is 0 Å². The van der Waals surface area contributed by atoms with Crippen molar-refractivity contribution < 1.29 is 28.4 Å². The molecule has 0 spiro atoms. The van der Waals surface area contributed by atoms with E-state index < -0.39 is 36.7 Å². The van der Waals surface area contributed by atoms with Crippen LogP contribution in [0.1, 0.15) is 52.4 Å². The summed E-state index contributed by atoms with van der Waals surface area (Å²) >= 11 is 0. The number of carbonyl (C=O) groups excluding carboxylic acids is 2. The number of hydrogen-bond donors (Lipinski definition) is 3. The Balaban J connectivity index is 1.65. The minimum absolute atomic E-state index is 0.0447. The summed E-state index contributed by atoms with van der Waals surface area (Å²) in [5, 5.41) is 22.0. The predicted octanol–water partition coefficient (Wildman–Crippen LogP) is 2.46. The van der Waals surface area contributed by atoms with Gasteiger partial charge >= 0.3 is 7.12 Å². The molecule has 2 aliphatic rings. The molecule has 1 aromatic rings. The van der Waals surface area contributed by atoms with Crippen LogP contribution in [-0.4, -0.2) is 47.4 Å². The normalized spacial score (nSPS) is 20.2. The first-order valence-electron chi connectivity index (χ1n) is 11.1. The number of hydrogen-bond acceptors (Lipinski definition) is 5. The Morgan fingerprint density at radius 3 is 2.42 bits per heavy atom. The number of rotatable bonds is 11. The number of carbonyl (C=O) groups is 2. The van der Waals surface area contributed by atoms with Gasteiger partial charge in [0, 0.05) is 30.6 Å². The van der Waals surface area contributed by atoms with E-state index in [0.717, 1.165) is 25.0 Å². The molecule has 1 heterocycles. The van der Waals surface area contributed by atoms with Gasteiger partial charge in [0.05, 0.1) is 12.0 Å². The van der Waals surface area contributed by atoms with Crippen molar-refractivity contribution in [3.8, 4) is 0 Å². The van der Waals surface area contributed by atoms with Crippen molar-refractivity contribution in [3.63, 3.8) is 0 Å². The summed E-state index contributed by atoms with van der Waals surface area (Å²) < 4.78 is 26.8. The largest absolute Gasteiger partial charge is 0.475 e. The average Bonchev–Trinajstić information content (AvgIpc) is 3.46. The third-order valence-corrected chi connectivity index (χ3v) is 6.17. The van der Waals surface area contributed by atoms with Gasteiger partial charge < -0.3 is 20.3 Å². The second-order valence-corrected chi connectivity index (χ2v) is 9.30. The van der Waals surface area contributed by atoms with Gasteiger partial charge in [0.1, 0.15) is 0 Å². The molecule has 1 aromatic carbocycles. The number of halogens is 2. The Morgan fingerprint density at radius 1 is 1.19 bits per heavy atom. The molecule has 3 atom stereocenters. The number of benzene rings is 1. The van der Waals surface area contributed by atoms with Crippen LogP contribution < -0.4 is 10.2 Å². The van der Waals surface area contributed by atoms with Crippen molar-refractivity contribution >= 4 is 24.5 Å². The van der Waals surface area contributed by atoms with E-state index in [1.165, 1.54) is 6.07 Å². The highest BCUT2D eigenvalue weighted by Crippen LogP contribution is 2.37. The van der Waals surface area contributed by atoms with Gasteiger partial charge in [-0.1, -0.05) is 26.7 Å². The SMILES string of the molecule is CC(C)CC(NC(=O)C(CC(=O)C1CCN1c1ccc(F)c(F)c1)CC1CC1)B(O)O. The first-order valence-corrected chi connectivity index (χ1v) is 11.1. The zero-order valence-electron chi connectivity index (χ0n) is 18.1. The maximum absolute atomic E-state index is 13.6. The van der Waals surface area contributed by atoms with Gasteiger partial charge in [-0.3, -0.25) is 9.59 Å². The van der Waals surface area contributed by atoms with Crippen LogP contribution >= 0.6 is 0 Å². The van der Waals surface area contributed by atoms with Crippen LogP contribution in [0.3, 0.4) is 0 Å². The first-order chi connectivity index (χ1) is 14.7. The van der Waals surface area contributed by atoms with E-state index >= 15 is 0 Å². The highest BCUT2D eigenvalue weighted by Gasteiger charge is 2.39. The molecule has 2 fully saturated rings. The molecule has 3 rings (SSSR count). The number of amides is 1. The van der Waals surface area contributed by atoms with Crippen molar-refractivity contribution in [1.82, 2.24) is 5.32 Å². The summed E-state index contributed by atoms with van der Waals surface area (Å²) in [6.07, 6.45) is 3.70. The fourth-order valence-electron chi connectivity index (χ4n) is 4.18. The van der Waals surface area contributed by atoms with E-state index in [9.17, 15) is 28.4 Å². The Bertz CT molecular complexity index is 804. The lowest BCUT2D eigenvalue weighted by Crippen LogP contribution is -2.54. The summed E-state index contributed by atoms with van der Waals surface area (Å²) in [5.41, 5.74) is 0.451. The van der Waals surface area contributed by atoms with Gasteiger partial charge in [-0.15, -0.1) is 0 Å². The second-order valence-electron chi connectivity index (χ2n) is 9.30. The second kappa shape index (κ2) is 10.1. The molecule has 6 nitrogen and oxygen atoms in total. The molecule has 0 bridgehead atoms. The molecular weight excluding hydrogens is 405 g/mol. The monoisotopic (exact) mass is 436 g/mol. The summed E-state index contributed by atoms with van der Waals surface area (Å²) in [6, 6.07) is 3.12. The first kappa shape index (κ1) is 23.7. The lowest BCUT2D eigenvalue weighted by atomic mass is 9.74. The van der Waals surface area contributed by atoms with Gasteiger partial charge in [-0.25, -0.2) is 8.78 Å². The molecule has 1 amide bonds. The molecular formula is C22H31BF2N2O4. The Labute approximate surface area is 182 Å². The van der Waals surface area contributed by atoms with Crippen molar-refractivity contribution in [3.05, 3.63) is 29.8 Å². The van der Waals surface area contributed by atoms with Crippen molar-refractivity contribution in [2.45, 2.75) is 64.4 Å². The fraction of sp³-hybridized carbons (Fsp3) is 0.636. The van der Waals surface area contributed by atoms with E-state index in [-0.39, 0.29) is 24.0 Å². The van der Waals surface area contributed by atoms with Crippen LogP contribution in [0.5, 0.6) is 0 Å². The van der Waals surface area contributed by atoms with Gasteiger partial charge in [-0.2, -0.15) is 0 Å². The quantitative estimate of drug-likeness (QED) is 0.464. The lowest BCUT2D eigenvalue weighted by molar-refractivity contribution is -0.131. The molecule has 1 aliphatic heterocycles. The Morgan fingerprint density at radius 2 is 1.90 bits per heavy atom. The smallest absolute Gasteiger partial charge is 0.426 e. The van der Waals surface area contributed by atoms with Crippen LogP contribution in [0, 0.1) is 29.4 Å². The maximum atomic E-state index is 13.6. The summed E-state index contributed by atoms with van der Waals surface area (Å²) in [4.78, 5) is 27.6. The van der Waals surface area contributed by atoms with Gasteiger partial charge in [0.15, 0.2) is 17.4 Å². The van der Waals surface area contributed by atoms with Crippen molar-refractivity contribution in [2.24, 2.45) is 17.8 Å². The topological polar surface area (TPSA) is 89.9 Å². The molecule has 9 heteroatoms. The Kier molecular flexibility index (Phi) is 7.70. The molecule has 3 unspecified atom stereocenters. The summed E-state index contributed by atoms with van der Waals surface area (Å²) in [5.74, 6) is -3.09. The van der Waals surface area contributed by atoms with Gasteiger partial charge in [0.25, 0.3) is 0 Å². The van der Waals surface area contributed by atoms with Crippen LogP contribution in [0.4, 0.5) is 14.5 Å². The van der Waals surface area contributed by atoms with Crippen LogP contribution in [0.25, 0.3) is 0 Å². The summed E-state index contributed by atoms with van der Waals surface area (Å²) in [6.45, 7) is 4.42. The van der Waals surface area contributed by atoms with E-state index in [1.54, 1.807) is 4.90 Å². The zero-order valence-corrected chi connectivity index (χ0v) is 18.1. The number of ketones is 1. The fourth-order valence-corrected chi connectivity index (χ4v) is 4.18. The number of nitrogens with zero attached hydrogens (tertiary/aromatic N) is 1. The molecule has 3 N–H and O–H groups in total. The van der Waals surface area contributed by atoms with Crippen molar-refractivity contribution in [2.75, 3.05) is 11.4 Å². The van der Waals surface area contributed by atoms with Gasteiger partial charge in [0.2, 0.25) is 5.91 Å². The molecule has 1 aliphatic carbocycles. The van der Waals surface area contributed by atoms with Crippen LogP contribution in [0.15, 0.2) is 18.2 Å². The Hall–Kier alpha value is -2.00. The molecule has 0 radical (unpaired) electrons. The highest BCUT2D eigenvalue weighted by molar-refractivity contribution is 6.43. The third-order valence-electron chi connectivity index (χ3n) is 6.17. The zero-order chi connectivity index (χ0) is 22.7. The van der Waals surface area contributed by atoms with E-state index in [2.05, 4.69) is 5.32 Å². The highest BCUT2D eigenvalue weighted by atomic mass is 19.2. The molecule has 170 valence electrons. The number of nitrogens with one attached hydrogen (secondary N) is 1. The molecule has 1 saturated carbocycles. The third kappa shape index (κ3) is 6.26. The summed E-state index contributed by atoms with van der Waals surface area (Å²) in [7, 11) is -1.67. The number of anilines is 1.